The zero-order valence-electron chi connectivity index (χ0n) is 13.0. The SMILES string of the molecule is CCCS(=O)(=O)Nc1ccc(OC)c(N2CCCCC2=O)c1. The number of benzene rings is 1. The Bertz CT molecular complexity index is 643. The maximum Gasteiger partial charge on any atom is 0.232 e. The highest BCUT2D eigenvalue weighted by Gasteiger charge is 2.23. The van der Waals surface area contributed by atoms with Crippen molar-refractivity contribution in [3.63, 3.8) is 0 Å². The largest absolute Gasteiger partial charge is 0.495 e. The van der Waals surface area contributed by atoms with Crippen LogP contribution in [0.15, 0.2) is 18.2 Å². The lowest BCUT2D eigenvalue weighted by Crippen LogP contribution is -2.35. The molecule has 0 spiro atoms. The van der Waals surface area contributed by atoms with Gasteiger partial charge in [0.2, 0.25) is 15.9 Å². The van der Waals surface area contributed by atoms with Crippen LogP contribution in [-0.4, -0.2) is 33.7 Å². The maximum atomic E-state index is 12.1. The molecule has 1 heterocycles. The lowest BCUT2D eigenvalue weighted by Gasteiger charge is -2.28. The highest BCUT2D eigenvalue weighted by molar-refractivity contribution is 7.92. The van der Waals surface area contributed by atoms with Crippen LogP contribution < -0.4 is 14.4 Å². The van der Waals surface area contributed by atoms with Crippen molar-refractivity contribution in [1.29, 1.82) is 0 Å². The second-order valence-corrected chi connectivity index (χ2v) is 7.15. The minimum absolute atomic E-state index is 0.0399. The second kappa shape index (κ2) is 7.00. The number of rotatable bonds is 6. The van der Waals surface area contributed by atoms with Crippen LogP contribution in [0.3, 0.4) is 0 Å². The first kappa shape index (κ1) is 16.6. The smallest absolute Gasteiger partial charge is 0.232 e. The van der Waals surface area contributed by atoms with Gasteiger partial charge in [-0.3, -0.25) is 9.52 Å². The number of carbonyl (C=O) groups excluding carboxylic acids is 1. The number of sulfonamides is 1. The van der Waals surface area contributed by atoms with Crippen molar-refractivity contribution in [2.24, 2.45) is 0 Å². The van der Waals surface area contributed by atoms with Gasteiger partial charge in [0.15, 0.2) is 0 Å². The van der Waals surface area contributed by atoms with E-state index in [0.717, 1.165) is 12.8 Å². The van der Waals surface area contributed by atoms with Gasteiger partial charge in [-0.1, -0.05) is 6.92 Å². The minimum atomic E-state index is -3.36. The summed E-state index contributed by atoms with van der Waals surface area (Å²) < 4.78 is 31.6. The first-order valence-electron chi connectivity index (χ1n) is 7.45. The summed E-state index contributed by atoms with van der Waals surface area (Å²) in [4.78, 5) is 13.8. The van der Waals surface area contributed by atoms with Gasteiger partial charge in [-0.2, -0.15) is 0 Å². The molecule has 0 saturated carbocycles. The van der Waals surface area contributed by atoms with Crippen LogP contribution in [0, 0.1) is 0 Å². The minimum Gasteiger partial charge on any atom is -0.495 e. The molecule has 122 valence electrons. The van der Waals surface area contributed by atoms with Crippen molar-refractivity contribution in [1.82, 2.24) is 0 Å². The van der Waals surface area contributed by atoms with Crippen LogP contribution in [0.1, 0.15) is 32.6 Å². The Balaban J connectivity index is 2.32. The van der Waals surface area contributed by atoms with Crippen molar-refractivity contribution in [3.05, 3.63) is 18.2 Å². The zero-order chi connectivity index (χ0) is 16.2. The summed E-state index contributed by atoms with van der Waals surface area (Å²) in [5.41, 5.74) is 1.06. The van der Waals surface area contributed by atoms with Gasteiger partial charge < -0.3 is 9.64 Å². The van der Waals surface area contributed by atoms with E-state index >= 15 is 0 Å². The Hall–Kier alpha value is -1.76. The molecule has 0 bridgehead atoms. The molecule has 7 heteroatoms. The first-order chi connectivity index (χ1) is 10.5. The van der Waals surface area contributed by atoms with E-state index in [2.05, 4.69) is 4.72 Å². The molecule has 6 nitrogen and oxygen atoms in total. The molecular weight excluding hydrogens is 304 g/mol. The van der Waals surface area contributed by atoms with E-state index in [1.807, 2.05) is 6.92 Å². The number of anilines is 2. The van der Waals surface area contributed by atoms with Crippen LogP contribution in [0.4, 0.5) is 11.4 Å². The number of methoxy groups -OCH3 is 1. The fourth-order valence-corrected chi connectivity index (χ4v) is 3.65. The van der Waals surface area contributed by atoms with Gasteiger partial charge in [-0.25, -0.2) is 8.42 Å². The average Bonchev–Trinajstić information content (AvgIpc) is 2.47. The number of nitrogens with one attached hydrogen (secondary N) is 1. The molecule has 0 aromatic heterocycles. The molecule has 1 aromatic rings. The number of hydrogen-bond acceptors (Lipinski definition) is 4. The van der Waals surface area contributed by atoms with E-state index < -0.39 is 10.0 Å². The van der Waals surface area contributed by atoms with Gasteiger partial charge in [-0.15, -0.1) is 0 Å². The van der Waals surface area contributed by atoms with E-state index in [0.29, 0.717) is 36.5 Å². The van der Waals surface area contributed by atoms with Gasteiger partial charge in [0.25, 0.3) is 0 Å². The molecule has 0 aliphatic carbocycles. The molecule has 1 aliphatic heterocycles. The maximum absolute atomic E-state index is 12.1. The Labute approximate surface area is 131 Å². The predicted molar refractivity (Wildman–Crippen MR) is 86.9 cm³/mol. The lowest BCUT2D eigenvalue weighted by molar-refractivity contribution is -0.119. The summed E-state index contributed by atoms with van der Waals surface area (Å²) in [7, 11) is -1.82. The summed E-state index contributed by atoms with van der Waals surface area (Å²) in [5.74, 6) is 0.670. The van der Waals surface area contributed by atoms with Crippen LogP contribution in [0.2, 0.25) is 0 Å². The molecule has 1 amide bonds. The summed E-state index contributed by atoms with van der Waals surface area (Å²) in [6.45, 7) is 2.44. The molecule has 1 fully saturated rings. The third kappa shape index (κ3) is 3.91. The van der Waals surface area contributed by atoms with Gasteiger partial charge in [0.05, 0.1) is 24.2 Å². The third-order valence-corrected chi connectivity index (χ3v) is 5.03. The Kier molecular flexibility index (Phi) is 5.28. The van der Waals surface area contributed by atoms with Crippen LogP contribution in [-0.2, 0) is 14.8 Å². The molecule has 1 saturated heterocycles. The second-order valence-electron chi connectivity index (χ2n) is 5.31. The standard InChI is InChI=1S/C15H22N2O4S/c1-3-10-22(19,20)16-12-7-8-14(21-2)13(11-12)17-9-5-4-6-15(17)18/h7-8,11,16H,3-6,9-10H2,1-2H3. The summed E-state index contributed by atoms with van der Waals surface area (Å²) >= 11 is 0. The number of amides is 1. The van der Waals surface area contributed by atoms with Gasteiger partial charge in [0.1, 0.15) is 5.75 Å². The molecule has 22 heavy (non-hydrogen) atoms. The van der Waals surface area contributed by atoms with E-state index in [1.165, 1.54) is 7.11 Å². The van der Waals surface area contributed by atoms with E-state index in [1.54, 1.807) is 23.1 Å². The molecule has 1 aromatic carbocycles. The molecule has 0 unspecified atom stereocenters. The summed E-state index contributed by atoms with van der Waals surface area (Å²) in [6, 6.07) is 4.99. The third-order valence-electron chi connectivity index (χ3n) is 3.54. The molecule has 1 N–H and O–H groups in total. The van der Waals surface area contributed by atoms with Crippen molar-refractivity contribution >= 4 is 27.3 Å². The van der Waals surface area contributed by atoms with Crippen molar-refractivity contribution in [2.45, 2.75) is 32.6 Å². The number of piperidine rings is 1. The monoisotopic (exact) mass is 326 g/mol. The normalized spacial score (nSPS) is 15.7. The molecular formula is C15H22N2O4S. The molecule has 2 rings (SSSR count). The van der Waals surface area contributed by atoms with E-state index in [4.69, 9.17) is 4.74 Å². The van der Waals surface area contributed by atoms with Crippen molar-refractivity contribution in [2.75, 3.05) is 29.0 Å². The van der Waals surface area contributed by atoms with E-state index in [-0.39, 0.29) is 11.7 Å². The molecule has 1 aliphatic rings. The fraction of sp³-hybridized carbons (Fsp3) is 0.533. The van der Waals surface area contributed by atoms with Crippen LogP contribution in [0.25, 0.3) is 0 Å². The fourth-order valence-electron chi connectivity index (χ4n) is 2.52. The summed E-state index contributed by atoms with van der Waals surface area (Å²) in [6.07, 6.45) is 2.87. The lowest BCUT2D eigenvalue weighted by atomic mass is 10.1. The van der Waals surface area contributed by atoms with Gasteiger partial charge in [-0.05, 0) is 37.5 Å². The Morgan fingerprint density at radius 1 is 1.32 bits per heavy atom. The predicted octanol–water partition coefficient (Wildman–Crippen LogP) is 2.36. The topological polar surface area (TPSA) is 75.7 Å². The van der Waals surface area contributed by atoms with Crippen LogP contribution >= 0.6 is 0 Å². The van der Waals surface area contributed by atoms with Crippen molar-refractivity contribution < 1.29 is 17.9 Å². The quantitative estimate of drug-likeness (QED) is 0.871. The highest BCUT2D eigenvalue weighted by atomic mass is 32.2. The Morgan fingerprint density at radius 3 is 2.73 bits per heavy atom. The number of nitrogens with zero attached hydrogens (tertiary/aromatic N) is 1. The zero-order valence-corrected chi connectivity index (χ0v) is 13.8. The first-order valence-corrected chi connectivity index (χ1v) is 9.11. The molecule has 0 atom stereocenters. The summed E-state index contributed by atoms with van der Waals surface area (Å²) in [5, 5.41) is 0. The van der Waals surface area contributed by atoms with Crippen molar-refractivity contribution in [3.8, 4) is 5.75 Å². The van der Waals surface area contributed by atoms with Gasteiger partial charge >= 0.3 is 0 Å². The van der Waals surface area contributed by atoms with Crippen LogP contribution in [0.5, 0.6) is 5.75 Å². The number of carbonyl (C=O) groups is 1. The Morgan fingerprint density at radius 2 is 2.09 bits per heavy atom. The van der Waals surface area contributed by atoms with Gasteiger partial charge in [0, 0.05) is 13.0 Å². The molecule has 0 radical (unpaired) electrons. The number of hydrogen-bond donors (Lipinski definition) is 1. The highest BCUT2D eigenvalue weighted by Crippen LogP contribution is 2.33. The number of ether oxygens (including phenoxy) is 1. The average molecular weight is 326 g/mol. The van der Waals surface area contributed by atoms with E-state index in [9.17, 15) is 13.2 Å².